The number of aromatic nitrogens is 2. The minimum absolute atomic E-state index is 0.245. The molecule has 0 bridgehead atoms. The molecule has 1 aliphatic heterocycles. The van der Waals surface area contributed by atoms with Crippen LogP contribution in [0, 0.1) is 0 Å². The lowest BCUT2D eigenvalue weighted by Crippen LogP contribution is -2.43. The van der Waals surface area contributed by atoms with Crippen molar-refractivity contribution in [3.8, 4) is 11.4 Å². The largest absolute Gasteiger partial charge is 0.379 e. The topological polar surface area (TPSA) is 71.2 Å². The highest BCUT2D eigenvalue weighted by molar-refractivity contribution is 6.33. The van der Waals surface area contributed by atoms with Crippen LogP contribution in [0.15, 0.2) is 28.8 Å². The van der Waals surface area contributed by atoms with Crippen LogP contribution in [0.25, 0.3) is 11.4 Å². The number of benzene rings is 1. The molecule has 1 aromatic carbocycles. The fourth-order valence-corrected chi connectivity index (χ4v) is 2.46. The minimum Gasteiger partial charge on any atom is -0.379 e. The molecule has 19 heavy (non-hydrogen) atoms. The number of hydrogen-bond acceptors (Lipinski definition) is 5. The zero-order chi connectivity index (χ0) is 13.3. The van der Waals surface area contributed by atoms with E-state index in [-0.39, 0.29) is 5.89 Å². The van der Waals surface area contributed by atoms with Crippen LogP contribution < -0.4 is 5.32 Å². The Bertz CT molecular complexity index is 579. The van der Waals surface area contributed by atoms with Gasteiger partial charge >= 0.3 is 0 Å². The molecule has 1 fully saturated rings. The van der Waals surface area contributed by atoms with Crippen molar-refractivity contribution < 1.29 is 9.63 Å². The molecule has 1 atom stereocenters. The van der Waals surface area contributed by atoms with Gasteiger partial charge < -0.3 is 14.9 Å². The summed E-state index contributed by atoms with van der Waals surface area (Å²) < 4.78 is 5.21. The minimum atomic E-state index is -1.08. The molecule has 6 heteroatoms. The van der Waals surface area contributed by atoms with Crippen LogP contribution in [0.5, 0.6) is 0 Å². The summed E-state index contributed by atoms with van der Waals surface area (Å²) in [6.45, 7) is 1.32. The number of nitrogens with one attached hydrogen (secondary N) is 1. The summed E-state index contributed by atoms with van der Waals surface area (Å²) in [5.74, 6) is 0.647. The van der Waals surface area contributed by atoms with E-state index in [9.17, 15) is 5.11 Å². The Morgan fingerprint density at radius 3 is 2.95 bits per heavy atom. The molecule has 5 nitrogen and oxygen atoms in total. The van der Waals surface area contributed by atoms with Gasteiger partial charge in [0.15, 0.2) is 5.60 Å². The molecule has 0 saturated carbocycles. The summed E-state index contributed by atoms with van der Waals surface area (Å²) >= 11 is 6.09. The van der Waals surface area contributed by atoms with Crippen molar-refractivity contribution in [2.24, 2.45) is 0 Å². The molecule has 0 aliphatic carbocycles. The molecule has 2 N–H and O–H groups in total. The van der Waals surface area contributed by atoms with Gasteiger partial charge in [-0.05, 0) is 31.5 Å². The van der Waals surface area contributed by atoms with Gasteiger partial charge in [-0.1, -0.05) is 28.9 Å². The second kappa shape index (κ2) is 4.92. The third kappa shape index (κ3) is 2.36. The van der Waals surface area contributed by atoms with E-state index < -0.39 is 5.60 Å². The quantitative estimate of drug-likeness (QED) is 0.879. The average Bonchev–Trinajstić information content (AvgIpc) is 2.90. The van der Waals surface area contributed by atoms with Gasteiger partial charge in [0.2, 0.25) is 5.82 Å². The Morgan fingerprint density at radius 1 is 1.37 bits per heavy atom. The molecule has 3 rings (SSSR count). The molecular weight excluding hydrogens is 266 g/mol. The number of hydrogen-bond donors (Lipinski definition) is 2. The van der Waals surface area contributed by atoms with Crippen LogP contribution in [-0.4, -0.2) is 28.3 Å². The molecule has 0 spiro atoms. The van der Waals surface area contributed by atoms with Crippen molar-refractivity contribution in [3.63, 3.8) is 0 Å². The zero-order valence-corrected chi connectivity index (χ0v) is 11.0. The van der Waals surface area contributed by atoms with Crippen molar-refractivity contribution in [1.82, 2.24) is 15.5 Å². The number of nitrogens with zero attached hydrogens (tertiary/aromatic N) is 2. The molecule has 0 radical (unpaired) electrons. The highest BCUT2D eigenvalue weighted by atomic mass is 35.5. The Labute approximate surface area is 115 Å². The molecule has 2 aromatic rings. The van der Waals surface area contributed by atoms with Crippen LogP contribution in [0.2, 0.25) is 5.02 Å². The first-order chi connectivity index (χ1) is 9.19. The summed E-state index contributed by atoms with van der Waals surface area (Å²) in [6, 6.07) is 7.28. The molecule has 1 saturated heterocycles. The SMILES string of the molecule is OC1(c2nc(-c3ccccc3Cl)no2)CCCNC1. The third-order valence-corrected chi connectivity index (χ3v) is 3.63. The molecule has 1 aliphatic rings. The van der Waals surface area contributed by atoms with E-state index >= 15 is 0 Å². The smallest absolute Gasteiger partial charge is 0.260 e. The molecule has 2 heterocycles. The van der Waals surface area contributed by atoms with Gasteiger partial charge in [0.1, 0.15) is 0 Å². The number of rotatable bonds is 2. The van der Waals surface area contributed by atoms with Crippen LogP contribution in [0.1, 0.15) is 18.7 Å². The van der Waals surface area contributed by atoms with Gasteiger partial charge in [-0.15, -0.1) is 0 Å². The van der Waals surface area contributed by atoms with Crippen molar-refractivity contribution in [2.75, 3.05) is 13.1 Å². The second-order valence-corrected chi connectivity index (χ2v) is 5.12. The number of β-amino-alcohol motifs (C(OH)–C–C–N with tert-alkyl or cyclic N) is 1. The van der Waals surface area contributed by atoms with E-state index in [1.165, 1.54) is 0 Å². The zero-order valence-electron chi connectivity index (χ0n) is 10.3. The molecule has 100 valence electrons. The summed E-state index contributed by atoms with van der Waals surface area (Å²) in [5, 5.41) is 18.1. The number of halogens is 1. The molecule has 1 unspecified atom stereocenters. The first kappa shape index (κ1) is 12.6. The van der Waals surface area contributed by atoms with Crippen LogP contribution in [0.3, 0.4) is 0 Å². The maximum Gasteiger partial charge on any atom is 0.260 e. The van der Waals surface area contributed by atoms with E-state index in [1.807, 2.05) is 18.2 Å². The third-order valence-electron chi connectivity index (χ3n) is 3.30. The Balaban J connectivity index is 1.93. The number of aliphatic hydroxyl groups is 1. The van der Waals surface area contributed by atoms with Gasteiger partial charge in [0, 0.05) is 12.1 Å². The second-order valence-electron chi connectivity index (χ2n) is 4.71. The van der Waals surface area contributed by atoms with Gasteiger partial charge in [-0.2, -0.15) is 4.98 Å². The monoisotopic (exact) mass is 279 g/mol. The summed E-state index contributed by atoms with van der Waals surface area (Å²) in [4.78, 5) is 4.28. The van der Waals surface area contributed by atoms with Gasteiger partial charge in [-0.3, -0.25) is 0 Å². The Morgan fingerprint density at radius 2 is 2.21 bits per heavy atom. The summed E-state index contributed by atoms with van der Waals surface area (Å²) in [6.07, 6.45) is 1.49. The standard InChI is InChI=1S/C13H14ClN3O2/c14-10-5-2-1-4-9(10)11-16-12(19-17-11)13(18)6-3-7-15-8-13/h1-2,4-5,15,18H,3,6-8H2. The summed E-state index contributed by atoms with van der Waals surface area (Å²) in [7, 11) is 0. The fraction of sp³-hybridized carbons (Fsp3) is 0.385. The van der Waals surface area contributed by atoms with E-state index in [2.05, 4.69) is 15.5 Å². The van der Waals surface area contributed by atoms with Crippen molar-refractivity contribution in [1.29, 1.82) is 0 Å². The predicted molar refractivity (Wildman–Crippen MR) is 70.7 cm³/mol. The van der Waals surface area contributed by atoms with Crippen LogP contribution in [0.4, 0.5) is 0 Å². The molecular formula is C13H14ClN3O2. The van der Waals surface area contributed by atoms with E-state index in [1.54, 1.807) is 6.07 Å². The lowest BCUT2D eigenvalue weighted by molar-refractivity contribution is -0.0167. The van der Waals surface area contributed by atoms with Gasteiger partial charge in [0.25, 0.3) is 5.89 Å². The van der Waals surface area contributed by atoms with E-state index in [4.69, 9.17) is 16.1 Å². The first-order valence-electron chi connectivity index (χ1n) is 6.21. The van der Waals surface area contributed by atoms with Crippen molar-refractivity contribution in [2.45, 2.75) is 18.4 Å². The van der Waals surface area contributed by atoms with Crippen LogP contribution in [-0.2, 0) is 5.60 Å². The van der Waals surface area contributed by atoms with Crippen LogP contribution >= 0.6 is 11.6 Å². The Kier molecular flexibility index (Phi) is 3.26. The normalized spacial score (nSPS) is 23.5. The highest BCUT2D eigenvalue weighted by Crippen LogP contribution is 2.30. The highest BCUT2D eigenvalue weighted by Gasteiger charge is 2.37. The predicted octanol–water partition coefficient (Wildman–Crippen LogP) is 1.96. The fourth-order valence-electron chi connectivity index (χ4n) is 2.24. The molecule has 1 aromatic heterocycles. The van der Waals surface area contributed by atoms with Crippen molar-refractivity contribution >= 4 is 11.6 Å². The maximum atomic E-state index is 10.5. The average molecular weight is 280 g/mol. The van der Waals surface area contributed by atoms with Crippen molar-refractivity contribution in [3.05, 3.63) is 35.2 Å². The van der Waals surface area contributed by atoms with E-state index in [0.29, 0.717) is 29.4 Å². The molecule has 0 amide bonds. The Hall–Kier alpha value is -1.43. The lowest BCUT2D eigenvalue weighted by atomic mass is 9.94. The van der Waals surface area contributed by atoms with Gasteiger partial charge in [0.05, 0.1) is 5.02 Å². The summed E-state index contributed by atoms with van der Waals surface area (Å²) in [5.41, 5.74) is -0.378. The maximum absolute atomic E-state index is 10.5. The first-order valence-corrected chi connectivity index (χ1v) is 6.59. The number of piperidine rings is 1. The van der Waals surface area contributed by atoms with Gasteiger partial charge in [-0.25, -0.2) is 0 Å². The lowest BCUT2D eigenvalue weighted by Gasteiger charge is -2.28. The van der Waals surface area contributed by atoms with E-state index in [0.717, 1.165) is 13.0 Å².